The summed E-state index contributed by atoms with van der Waals surface area (Å²) in [6, 6.07) is 31.6. The second-order valence-electron chi connectivity index (χ2n) is 5.54. The van der Waals surface area contributed by atoms with Gasteiger partial charge in [-0.25, -0.2) is 0 Å². The Hall–Kier alpha value is -2.74. The van der Waals surface area contributed by atoms with Crippen molar-refractivity contribution in [2.24, 2.45) is 0 Å². The summed E-state index contributed by atoms with van der Waals surface area (Å²) in [5, 5.41) is 3.49. The maximum absolute atomic E-state index is 3.49. The molecule has 0 saturated heterocycles. The fraction of sp³-hybridized carbons (Fsp3) is 0.143. The maximum Gasteiger partial charge on any atom is 0.0430 e. The predicted octanol–water partition coefficient (Wildman–Crippen LogP) is 4.81. The molecule has 0 spiro atoms. The largest absolute Gasteiger partial charge is 0.383 e. The van der Waals surface area contributed by atoms with Crippen molar-refractivity contribution in [3.63, 3.8) is 0 Å². The fourth-order valence-corrected chi connectivity index (χ4v) is 2.63. The maximum atomic E-state index is 3.49. The SMILES string of the molecule is c1ccc(CN(CCNc2ccccc2)c2ccccc2)cc1. The number of hydrogen-bond donors (Lipinski definition) is 1. The first-order valence-corrected chi connectivity index (χ1v) is 8.05. The lowest BCUT2D eigenvalue weighted by Gasteiger charge is -2.25. The van der Waals surface area contributed by atoms with E-state index < -0.39 is 0 Å². The Balaban J connectivity index is 1.65. The minimum atomic E-state index is 0.908. The molecule has 2 heteroatoms. The van der Waals surface area contributed by atoms with Crippen molar-refractivity contribution in [3.05, 3.63) is 96.6 Å². The minimum Gasteiger partial charge on any atom is -0.383 e. The van der Waals surface area contributed by atoms with Gasteiger partial charge in [0.2, 0.25) is 0 Å². The van der Waals surface area contributed by atoms with E-state index in [0.717, 1.165) is 19.6 Å². The zero-order valence-corrected chi connectivity index (χ0v) is 13.2. The number of rotatable bonds is 7. The Kier molecular flexibility index (Phi) is 5.30. The highest BCUT2D eigenvalue weighted by molar-refractivity contribution is 5.48. The Morgan fingerprint density at radius 2 is 1.22 bits per heavy atom. The van der Waals surface area contributed by atoms with Gasteiger partial charge in [0.15, 0.2) is 0 Å². The lowest BCUT2D eigenvalue weighted by Crippen LogP contribution is -2.28. The van der Waals surface area contributed by atoms with Gasteiger partial charge in [0.25, 0.3) is 0 Å². The number of para-hydroxylation sites is 2. The molecular formula is C21H22N2. The molecule has 0 aromatic heterocycles. The van der Waals surface area contributed by atoms with E-state index in [-0.39, 0.29) is 0 Å². The zero-order valence-electron chi connectivity index (χ0n) is 13.2. The summed E-state index contributed by atoms with van der Waals surface area (Å²) in [5.41, 5.74) is 3.75. The van der Waals surface area contributed by atoms with E-state index in [4.69, 9.17) is 0 Å². The third-order valence-corrected chi connectivity index (χ3v) is 3.82. The van der Waals surface area contributed by atoms with E-state index >= 15 is 0 Å². The summed E-state index contributed by atoms with van der Waals surface area (Å²) >= 11 is 0. The van der Waals surface area contributed by atoms with Crippen LogP contribution >= 0.6 is 0 Å². The van der Waals surface area contributed by atoms with Gasteiger partial charge in [-0.05, 0) is 29.8 Å². The van der Waals surface area contributed by atoms with Crippen molar-refractivity contribution >= 4 is 11.4 Å². The lowest BCUT2D eigenvalue weighted by molar-refractivity contribution is 0.806. The third kappa shape index (κ3) is 4.62. The van der Waals surface area contributed by atoms with Gasteiger partial charge in [0.1, 0.15) is 0 Å². The van der Waals surface area contributed by atoms with Crippen molar-refractivity contribution in [2.45, 2.75) is 6.54 Å². The van der Waals surface area contributed by atoms with Crippen LogP contribution in [0.2, 0.25) is 0 Å². The van der Waals surface area contributed by atoms with Crippen molar-refractivity contribution < 1.29 is 0 Å². The average molecular weight is 302 g/mol. The molecule has 2 nitrogen and oxygen atoms in total. The van der Waals surface area contributed by atoms with E-state index in [2.05, 4.69) is 95.1 Å². The van der Waals surface area contributed by atoms with Crippen LogP contribution in [0.25, 0.3) is 0 Å². The van der Waals surface area contributed by atoms with Gasteiger partial charge in [0.05, 0.1) is 0 Å². The molecule has 3 aromatic rings. The van der Waals surface area contributed by atoms with Gasteiger partial charge in [0, 0.05) is 31.0 Å². The molecule has 0 bridgehead atoms. The van der Waals surface area contributed by atoms with Crippen molar-refractivity contribution in [1.82, 2.24) is 0 Å². The van der Waals surface area contributed by atoms with Crippen LogP contribution in [0.15, 0.2) is 91.0 Å². The zero-order chi connectivity index (χ0) is 15.7. The van der Waals surface area contributed by atoms with Gasteiger partial charge in [-0.1, -0.05) is 66.7 Å². The minimum absolute atomic E-state index is 0.908. The summed E-state index contributed by atoms with van der Waals surface area (Å²) in [6.45, 7) is 2.78. The molecule has 3 aromatic carbocycles. The van der Waals surface area contributed by atoms with Gasteiger partial charge < -0.3 is 10.2 Å². The normalized spacial score (nSPS) is 10.3. The molecule has 23 heavy (non-hydrogen) atoms. The molecule has 0 heterocycles. The molecule has 0 aliphatic rings. The highest BCUT2D eigenvalue weighted by Gasteiger charge is 2.06. The van der Waals surface area contributed by atoms with Crippen LogP contribution in [0.4, 0.5) is 11.4 Å². The number of anilines is 2. The molecule has 0 aliphatic carbocycles. The molecule has 0 saturated carbocycles. The molecule has 116 valence electrons. The first-order valence-electron chi connectivity index (χ1n) is 8.05. The van der Waals surface area contributed by atoms with Crippen LogP contribution in [-0.4, -0.2) is 13.1 Å². The van der Waals surface area contributed by atoms with Gasteiger partial charge in [-0.3, -0.25) is 0 Å². The monoisotopic (exact) mass is 302 g/mol. The Labute approximate surface area is 138 Å². The Morgan fingerprint density at radius 1 is 0.652 bits per heavy atom. The molecule has 3 rings (SSSR count). The standard InChI is InChI=1S/C21H22N2/c1-4-10-19(11-5-1)18-23(21-14-8-3-9-15-21)17-16-22-20-12-6-2-7-13-20/h1-15,22H,16-18H2. The van der Waals surface area contributed by atoms with Crippen LogP contribution in [0.3, 0.4) is 0 Å². The average Bonchev–Trinajstić information content (AvgIpc) is 2.63. The van der Waals surface area contributed by atoms with Crippen molar-refractivity contribution in [1.29, 1.82) is 0 Å². The molecule has 1 N–H and O–H groups in total. The smallest absolute Gasteiger partial charge is 0.0430 e. The Morgan fingerprint density at radius 3 is 1.87 bits per heavy atom. The summed E-state index contributed by atoms with van der Waals surface area (Å²) < 4.78 is 0. The molecule has 0 fully saturated rings. The van der Waals surface area contributed by atoms with E-state index in [1.807, 2.05) is 6.07 Å². The van der Waals surface area contributed by atoms with Crippen LogP contribution < -0.4 is 10.2 Å². The number of nitrogens with zero attached hydrogens (tertiary/aromatic N) is 1. The van der Waals surface area contributed by atoms with Gasteiger partial charge >= 0.3 is 0 Å². The van der Waals surface area contributed by atoms with E-state index in [9.17, 15) is 0 Å². The van der Waals surface area contributed by atoms with Crippen LogP contribution in [0.5, 0.6) is 0 Å². The predicted molar refractivity (Wildman–Crippen MR) is 98.9 cm³/mol. The van der Waals surface area contributed by atoms with E-state index in [1.54, 1.807) is 0 Å². The van der Waals surface area contributed by atoms with Gasteiger partial charge in [-0.15, -0.1) is 0 Å². The summed E-state index contributed by atoms with van der Waals surface area (Å²) in [5.74, 6) is 0. The quantitative estimate of drug-likeness (QED) is 0.674. The molecule has 0 radical (unpaired) electrons. The second-order valence-corrected chi connectivity index (χ2v) is 5.54. The number of benzene rings is 3. The first-order chi connectivity index (χ1) is 11.4. The highest BCUT2D eigenvalue weighted by atomic mass is 15.1. The number of hydrogen-bond acceptors (Lipinski definition) is 2. The second kappa shape index (κ2) is 8.04. The van der Waals surface area contributed by atoms with E-state index in [1.165, 1.54) is 16.9 Å². The van der Waals surface area contributed by atoms with Crippen molar-refractivity contribution in [3.8, 4) is 0 Å². The first kappa shape index (κ1) is 15.2. The highest BCUT2D eigenvalue weighted by Crippen LogP contribution is 2.16. The van der Waals surface area contributed by atoms with Crippen LogP contribution in [0, 0.1) is 0 Å². The third-order valence-electron chi connectivity index (χ3n) is 3.82. The molecular weight excluding hydrogens is 280 g/mol. The Bertz CT molecular complexity index is 681. The summed E-state index contributed by atoms with van der Waals surface area (Å²) in [6.07, 6.45) is 0. The van der Waals surface area contributed by atoms with Crippen LogP contribution in [0.1, 0.15) is 5.56 Å². The lowest BCUT2D eigenvalue weighted by atomic mass is 10.2. The van der Waals surface area contributed by atoms with Crippen LogP contribution in [-0.2, 0) is 6.54 Å². The van der Waals surface area contributed by atoms with Gasteiger partial charge in [-0.2, -0.15) is 0 Å². The summed E-state index contributed by atoms with van der Waals surface area (Å²) in [7, 11) is 0. The topological polar surface area (TPSA) is 15.3 Å². The molecule has 0 atom stereocenters. The molecule has 0 aliphatic heterocycles. The van der Waals surface area contributed by atoms with E-state index in [0.29, 0.717) is 0 Å². The molecule has 0 amide bonds. The summed E-state index contributed by atoms with van der Waals surface area (Å²) in [4.78, 5) is 2.41. The number of nitrogens with one attached hydrogen (secondary N) is 1. The fourth-order valence-electron chi connectivity index (χ4n) is 2.63. The van der Waals surface area contributed by atoms with Crippen molar-refractivity contribution in [2.75, 3.05) is 23.3 Å². The molecule has 0 unspecified atom stereocenters.